The zero-order valence-electron chi connectivity index (χ0n) is 11.4. The zero-order valence-corrected chi connectivity index (χ0v) is 12.2. The second-order valence-corrected chi connectivity index (χ2v) is 5.10. The largest absolute Gasteiger partial charge is 0.465 e. The Bertz CT molecular complexity index is 671. The van der Waals surface area contributed by atoms with Crippen LogP contribution in [0, 0.1) is 18.3 Å². The number of methoxy groups -OCH3 is 1. The van der Waals surface area contributed by atoms with Crippen LogP contribution in [0.25, 0.3) is 0 Å². The minimum atomic E-state index is -0.375. The lowest BCUT2D eigenvalue weighted by atomic mass is 10.2. The van der Waals surface area contributed by atoms with Gasteiger partial charge in [0.05, 0.1) is 24.4 Å². The number of anilines is 2. The molecule has 1 aromatic heterocycles. The molecule has 5 nitrogen and oxygen atoms in total. The highest BCUT2D eigenvalue weighted by atomic mass is 32.1. The summed E-state index contributed by atoms with van der Waals surface area (Å²) in [6.45, 7) is 1.78. The van der Waals surface area contributed by atoms with Gasteiger partial charge in [-0.05, 0) is 31.2 Å². The number of nitriles is 1. The molecule has 20 heavy (non-hydrogen) atoms. The summed E-state index contributed by atoms with van der Waals surface area (Å²) in [5.74, 6) is -0.375. The number of rotatable bonds is 3. The van der Waals surface area contributed by atoms with E-state index in [1.165, 1.54) is 18.4 Å². The third-order valence-corrected chi connectivity index (χ3v) is 4.04. The van der Waals surface area contributed by atoms with Crippen molar-refractivity contribution < 1.29 is 9.53 Å². The van der Waals surface area contributed by atoms with Gasteiger partial charge < -0.3 is 9.64 Å². The molecule has 0 saturated carbocycles. The number of esters is 1. The lowest BCUT2D eigenvalue weighted by Gasteiger charge is -2.15. The van der Waals surface area contributed by atoms with E-state index in [0.29, 0.717) is 21.3 Å². The fourth-order valence-electron chi connectivity index (χ4n) is 1.68. The Balaban J connectivity index is 2.31. The molecular formula is C14H13N3O2S. The number of benzene rings is 1. The van der Waals surface area contributed by atoms with Crippen molar-refractivity contribution in [2.45, 2.75) is 6.92 Å². The van der Waals surface area contributed by atoms with E-state index in [1.54, 1.807) is 19.1 Å². The molecule has 0 spiro atoms. The highest BCUT2D eigenvalue weighted by Crippen LogP contribution is 2.30. The van der Waals surface area contributed by atoms with Crippen LogP contribution in [-0.4, -0.2) is 25.1 Å². The van der Waals surface area contributed by atoms with Gasteiger partial charge in [-0.3, -0.25) is 0 Å². The summed E-state index contributed by atoms with van der Waals surface area (Å²) in [4.78, 5) is 18.3. The summed E-state index contributed by atoms with van der Waals surface area (Å²) in [5.41, 5.74) is 2.15. The first-order valence-electron chi connectivity index (χ1n) is 5.86. The Kier molecular flexibility index (Phi) is 4.01. The number of carbonyl (C=O) groups excluding carboxylic acids is 1. The van der Waals surface area contributed by atoms with E-state index in [0.717, 1.165) is 5.69 Å². The number of aromatic nitrogens is 1. The lowest BCUT2D eigenvalue weighted by Crippen LogP contribution is -2.08. The van der Waals surface area contributed by atoms with Crippen molar-refractivity contribution >= 4 is 28.1 Å². The molecule has 2 aromatic rings. The van der Waals surface area contributed by atoms with Gasteiger partial charge >= 0.3 is 5.97 Å². The van der Waals surface area contributed by atoms with Crippen LogP contribution in [0.3, 0.4) is 0 Å². The van der Waals surface area contributed by atoms with Crippen molar-refractivity contribution in [2.24, 2.45) is 0 Å². The average Bonchev–Trinajstić information content (AvgIpc) is 2.87. The van der Waals surface area contributed by atoms with Gasteiger partial charge in [0.15, 0.2) is 5.13 Å². The van der Waals surface area contributed by atoms with Gasteiger partial charge in [-0.1, -0.05) is 11.3 Å². The van der Waals surface area contributed by atoms with Crippen LogP contribution in [-0.2, 0) is 4.74 Å². The standard InChI is InChI=1S/C14H13N3O2S/c1-9-12(13(18)19-3)20-14(16-9)17(2)11-6-4-10(8-15)5-7-11/h4-7H,1-3H3. The molecule has 2 rings (SSSR count). The number of hydrogen-bond donors (Lipinski definition) is 0. The topological polar surface area (TPSA) is 66.2 Å². The van der Waals surface area contributed by atoms with E-state index < -0.39 is 0 Å². The Morgan fingerprint density at radius 3 is 2.60 bits per heavy atom. The number of carbonyl (C=O) groups is 1. The van der Waals surface area contributed by atoms with Crippen molar-refractivity contribution in [2.75, 3.05) is 19.1 Å². The maximum atomic E-state index is 11.6. The summed E-state index contributed by atoms with van der Waals surface area (Å²) >= 11 is 1.28. The van der Waals surface area contributed by atoms with E-state index in [2.05, 4.69) is 11.1 Å². The number of hydrogen-bond acceptors (Lipinski definition) is 6. The molecule has 102 valence electrons. The molecule has 0 saturated heterocycles. The van der Waals surface area contributed by atoms with E-state index in [4.69, 9.17) is 10.00 Å². The summed E-state index contributed by atoms with van der Waals surface area (Å²) in [5, 5.41) is 9.49. The molecule has 0 aliphatic carbocycles. The van der Waals surface area contributed by atoms with Crippen molar-refractivity contribution in [1.82, 2.24) is 4.98 Å². The summed E-state index contributed by atoms with van der Waals surface area (Å²) in [6.07, 6.45) is 0. The minimum Gasteiger partial charge on any atom is -0.465 e. The fraction of sp³-hybridized carbons (Fsp3) is 0.214. The third kappa shape index (κ3) is 2.63. The van der Waals surface area contributed by atoms with E-state index >= 15 is 0 Å². The van der Waals surface area contributed by atoms with Crippen LogP contribution in [0.1, 0.15) is 20.9 Å². The van der Waals surface area contributed by atoms with Crippen LogP contribution < -0.4 is 4.90 Å². The van der Waals surface area contributed by atoms with E-state index in [9.17, 15) is 4.79 Å². The van der Waals surface area contributed by atoms with Crippen LogP contribution in [0.5, 0.6) is 0 Å². The Labute approximate surface area is 121 Å². The SMILES string of the molecule is COC(=O)c1sc(N(C)c2ccc(C#N)cc2)nc1C. The Morgan fingerprint density at radius 2 is 2.05 bits per heavy atom. The predicted octanol–water partition coefficient (Wildman–Crippen LogP) is 2.88. The first-order valence-corrected chi connectivity index (χ1v) is 6.68. The van der Waals surface area contributed by atoms with Gasteiger partial charge in [0.25, 0.3) is 0 Å². The molecule has 0 fully saturated rings. The maximum Gasteiger partial charge on any atom is 0.350 e. The molecule has 0 aliphatic heterocycles. The molecule has 1 aromatic carbocycles. The van der Waals surface area contributed by atoms with Crippen molar-refractivity contribution in [1.29, 1.82) is 5.26 Å². The number of nitrogens with zero attached hydrogens (tertiary/aromatic N) is 3. The smallest absolute Gasteiger partial charge is 0.350 e. The van der Waals surface area contributed by atoms with E-state index in [1.807, 2.05) is 24.1 Å². The molecule has 0 amide bonds. The van der Waals surface area contributed by atoms with Gasteiger partial charge in [0, 0.05) is 12.7 Å². The Morgan fingerprint density at radius 1 is 1.40 bits per heavy atom. The quantitative estimate of drug-likeness (QED) is 0.812. The van der Waals surface area contributed by atoms with Crippen LogP contribution in [0.2, 0.25) is 0 Å². The summed E-state index contributed by atoms with van der Waals surface area (Å²) < 4.78 is 4.72. The minimum absolute atomic E-state index is 0.375. The lowest BCUT2D eigenvalue weighted by molar-refractivity contribution is 0.0605. The summed E-state index contributed by atoms with van der Waals surface area (Å²) in [7, 11) is 3.21. The maximum absolute atomic E-state index is 11.6. The molecule has 0 aliphatic rings. The Hall–Kier alpha value is -2.39. The van der Waals surface area contributed by atoms with Gasteiger partial charge in [-0.2, -0.15) is 5.26 Å². The molecule has 6 heteroatoms. The highest BCUT2D eigenvalue weighted by Gasteiger charge is 2.18. The first kappa shape index (κ1) is 14.0. The molecule has 0 atom stereocenters. The van der Waals surface area contributed by atoms with Crippen LogP contribution in [0.15, 0.2) is 24.3 Å². The van der Waals surface area contributed by atoms with Crippen LogP contribution in [0.4, 0.5) is 10.8 Å². The molecule has 0 radical (unpaired) electrons. The van der Waals surface area contributed by atoms with Gasteiger partial charge in [-0.25, -0.2) is 9.78 Å². The fourth-order valence-corrected chi connectivity index (χ4v) is 2.65. The molecular weight excluding hydrogens is 274 g/mol. The van der Waals surface area contributed by atoms with Gasteiger partial charge in [0.1, 0.15) is 4.88 Å². The molecule has 1 heterocycles. The first-order chi connectivity index (χ1) is 9.56. The molecule has 0 bridgehead atoms. The second-order valence-electron chi connectivity index (χ2n) is 4.12. The van der Waals surface area contributed by atoms with Crippen LogP contribution >= 0.6 is 11.3 Å². The van der Waals surface area contributed by atoms with Gasteiger partial charge in [0.2, 0.25) is 0 Å². The predicted molar refractivity (Wildman–Crippen MR) is 77.4 cm³/mol. The number of thiazole rings is 1. The zero-order chi connectivity index (χ0) is 14.7. The third-order valence-electron chi connectivity index (χ3n) is 2.83. The van der Waals surface area contributed by atoms with Crippen molar-refractivity contribution in [3.8, 4) is 6.07 Å². The normalized spacial score (nSPS) is 9.90. The molecule has 0 unspecified atom stereocenters. The monoisotopic (exact) mass is 287 g/mol. The number of aryl methyl sites for hydroxylation is 1. The molecule has 0 N–H and O–H groups in total. The van der Waals surface area contributed by atoms with Gasteiger partial charge in [-0.15, -0.1) is 0 Å². The van der Waals surface area contributed by atoms with E-state index in [-0.39, 0.29) is 5.97 Å². The highest BCUT2D eigenvalue weighted by molar-refractivity contribution is 7.17. The van der Waals surface area contributed by atoms with Crippen molar-refractivity contribution in [3.05, 3.63) is 40.4 Å². The number of ether oxygens (including phenoxy) is 1. The average molecular weight is 287 g/mol. The second kappa shape index (κ2) is 5.72. The van der Waals surface area contributed by atoms with Crippen molar-refractivity contribution in [3.63, 3.8) is 0 Å². The summed E-state index contributed by atoms with van der Waals surface area (Å²) in [6, 6.07) is 9.24.